The van der Waals surface area contributed by atoms with Gasteiger partial charge in [0.1, 0.15) is 5.78 Å². The fourth-order valence-corrected chi connectivity index (χ4v) is 8.05. The summed E-state index contributed by atoms with van der Waals surface area (Å²) in [7, 11) is 0. The number of aryl methyl sites for hydroxylation is 1. The van der Waals surface area contributed by atoms with E-state index < -0.39 is 0 Å². The smallest absolute Gasteiger partial charge is 0.140 e. The van der Waals surface area contributed by atoms with Crippen LogP contribution in [0.2, 0.25) is 0 Å². The zero-order chi connectivity index (χ0) is 31.2. The number of anilines is 1. The first-order valence-corrected chi connectivity index (χ1v) is 17.4. The van der Waals surface area contributed by atoms with Gasteiger partial charge in [0.15, 0.2) is 0 Å². The van der Waals surface area contributed by atoms with E-state index in [1.165, 1.54) is 59.2 Å². The molecule has 2 fully saturated rings. The quantitative estimate of drug-likeness (QED) is 0.206. The van der Waals surface area contributed by atoms with Gasteiger partial charge in [-0.3, -0.25) is 4.79 Å². The molecule has 1 saturated carbocycles. The molecule has 3 aliphatic rings. The molecule has 1 heterocycles. The second kappa shape index (κ2) is 14.5. The highest BCUT2D eigenvalue weighted by atomic mass is 16.1. The maximum atomic E-state index is 14.0. The molecular formula is C43H49NO. The molecule has 0 N–H and O–H groups in total. The highest BCUT2D eigenvalue weighted by Gasteiger charge is 2.33. The van der Waals surface area contributed by atoms with Crippen LogP contribution in [-0.2, 0) is 17.6 Å². The molecule has 0 bridgehead atoms. The van der Waals surface area contributed by atoms with Gasteiger partial charge in [-0.05, 0) is 109 Å². The highest BCUT2D eigenvalue weighted by molar-refractivity contribution is 5.86. The molecule has 1 aliphatic heterocycles. The maximum absolute atomic E-state index is 14.0. The van der Waals surface area contributed by atoms with Crippen LogP contribution in [0.15, 0.2) is 91.0 Å². The van der Waals surface area contributed by atoms with Crippen molar-refractivity contribution in [1.29, 1.82) is 0 Å². The summed E-state index contributed by atoms with van der Waals surface area (Å²) in [5.41, 5.74) is 8.65. The number of carbonyl (C=O) groups excluding carboxylic acids is 1. The Bertz CT molecular complexity index is 1550. The summed E-state index contributed by atoms with van der Waals surface area (Å²) in [6, 6.07) is 26.2. The molecule has 3 unspecified atom stereocenters. The predicted octanol–water partition coefficient (Wildman–Crippen LogP) is 9.83. The van der Waals surface area contributed by atoms with Gasteiger partial charge in [0.05, 0.1) is 5.69 Å². The van der Waals surface area contributed by atoms with Crippen LogP contribution in [0.5, 0.6) is 0 Å². The second-order valence-electron chi connectivity index (χ2n) is 13.9. The van der Waals surface area contributed by atoms with Crippen molar-refractivity contribution in [1.82, 2.24) is 0 Å². The van der Waals surface area contributed by atoms with Crippen molar-refractivity contribution < 1.29 is 4.79 Å². The fourth-order valence-electron chi connectivity index (χ4n) is 8.05. The summed E-state index contributed by atoms with van der Waals surface area (Å²) in [4.78, 5) is 16.5. The molecule has 2 heteroatoms. The van der Waals surface area contributed by atoms with Crippen molar-refractivity contribution in [2.75, 3.05) is 18.0 Å². The average molecular weight is 596 g/mol. The monoisotopic (exact) mass is 595 g/mol. The van der Waals surface area contributed by atoms with Gasteiger partial charge in [-0.1, -0.05) is 105 Å². The molecule has 232 valence electrons. The number of benzene rings is 3. The van der Waals surface area contributed by atoms with Crippen LogP contribution in [0.3, 0.4) is 0 Å². The molecule has 0 aromatic heterocycles. The molecule has 0 spiro atoms. The van der Waals surface area contributed by atoms with Crippen LogP contribution in [0, 0.1) is 36.0 Å². The lowest BCUT2D eigenvalue weighted by atomic mass is 9.70. The van der Waals surface area contributed by atoms with Gasteiger partial charge in [-0.15, -0.1) is 6.42 Å². The van der Waals surface area contributed by atoms with E-state index in [0.717, 1.165) is 50.3 Å². The Hall–Kier alpha value is -3.83. The topological polar surface area (TPSA) is 20.3 Å². The Morgan fingerprint density at radius 2 is 1.71 bits per heavy atom. The lowest BCUT2D eigenvalue weighted by Crippen LogP contribution is -2.27. The van der Waals surface area contributed by atoms with Crippen LogP contribution in [-0.4, -0.2) is 18.9 Å². The normalized spacial score (nSPS) is 23.5. The van der Waals surface area contributed by atoms with Crippen LogP contribution in [0.4, 0.5) is 5.69 Å². The van der Waals surface area contributed by atoms with Crippen molar-refractivity contribution in [2.45, 2.75) is 77.6 Å². The van der Waals surface area contributed by atoms with Crippen LogP contribution in [0.25, 0.3) is 5.57 Å². The number of Topliss-reactive ketones (excluding diaryl/α,β-unsaturated/α-hetero) is 1. The third-order valence-electron chi connectivity index (χ3n) is 10.8. The molecule has 3 atom stereocenters. The maximum Gasteiger partial charge on any atom is 0.140 e. The molecule has 0 amide bonds. The first-order valence-electron chi connectivity index (χ1n) is 17.4. The van der Waals surface area contributed by atoms with E-state index >= 15 is 0 Å². The Kier molecular flexibility index (Phi) is 10.0. The molecule has 3 aromatic carbocycles. The lowest BCUT2D eigenvalue weighted by Gasteiger charge is -2.34. The molecule has 45 heavy (non-hydrogen) atoms. The number of ketones is 1. The number of hydrogen-bond donors (Lipinski definition) is 0. The summed E-state index contributed by atoms with van der Waals surface area (Å²) in [5.74, 6) is 5.62. The molecule has 1 saturated heterocycles. The second-order valence-corrected chi connectivity index (χ2v) is 13.9. The van der Waals surface area contributed by atoms with E-state index in [1.807, 2.05) is 6.07 Å². The molecule has 2 nitrogen and oxygen atoms in total. The molecule has 0 radical (unpaired) electrons. The lowest BCUT2D eigenvalue weighted by molar-refractivity contribution is -0.122. The highest BCUT2D eigenvalue weighted by Crippen LogP contribution is 2.41. The first kappa shape index (κ1) is 31.2. The summed E-state index contributed by atoms with van der Waals surface area (Å²) < 4.78 is 0. The number of rotatable bonds is 11. The summed E-state index contributed by atoms with van der Waals surface area (Å²) >= 11 is 0. The predicted molar refractivity (Wildman–Crippen MR) is 189 cm³/mol. The van der Waals surface area contributed by atoms with E-state index in [9.17, 15) is 4.79 Å². The molecule has 6 rings (SSSR count). The number of carbonyl (C=O) groups is 1. The number of terminal acetylenes is 1. The van der Waals surface area contributed by atoms with Gasteiger partial charge < -0.3 is 4.90 Å². The third-order valence-corrected chi connectivity index (χ3v) is 10.8. The van der Waals surface area contributed by atoms with E-state index in [1.54, 1.807) is 0 Å². The Morgan fingerprint density at radius 1 is 0.933 bits per heavy atom. The zero-order valence-electron chi connectivity index (χ0n) is 27.3. The van der Waals surface area contributed by atoms with E-state index in [4.69, 9.17) is 6.42 Å². The van der Waals surface area contributed by atoms with E-state index in [0.29, 0.717) is 30.0 Å². The standard InChI is InChI=1S/C43H49NO/c1-4-32-25-26-44(30-32)41-29-35(14-17-36(41)5-2)28-34-12-18-38(19-13-34)43(42(45)24-15-33-9-7-6-8-10-33)39-22-20-37(21-23-39)40-16-11-31(3)27-40/h2,6-11,14,16-17,20-23,27,29,31-32,34,38,43H,4,12-13,15,18-19,24-26,28,30H2,1,3H3. The average Bonchev–Trinajstić information content (AvgIpc) is 3.75. The van der Waals surface area contributed by atoms with Crippen LogP contribution >= 0.6 is 0 Å². The van der Waals surface area contributed by atoms with Crippen molar-refractivity contribution >= 4 is 17.0 Å². The van der Waals surface area contributed by atoms with Gasteiger partial charge >= 0.3 is 0 Å². The zero-order valence-corrected chi connectivity index (χ0v) is 27.3. The van der Waals surface area contributed by atoms with Gasteiger partial charge in [0, 0.05) is 31.0 Å². The van der Waals surface area contributed by atoms with E-state index in [2.05, 4.69) is 110 Å². The van der Waals surface area contributed by atoms with Gasteiger partial charge in [-0.2, -0.15) is 0 Å². The SMILES string of the molecule is C#Cc1ccc(CC2CCC(C(C(=O)CCc3ccccc3)c3ccc(C4=CC(C)C=C4)cc3)CC2)cc1N1CCC(CC)C1. The van der Waals surface area contributed by atoms with Crippen LogP contribution < -0.4 is 4.90 Å². The summed E-state index contributed by atoms with van der Waals surface area (Å²) in [6.45, 7) is 6.74. The number of allylic oxidation sites excluding steroid dienone is 4. The summed E-state index contributed by atoms with van der Waals surface area (Å²) in [6.07, 6.45) is 22.3. The van der Waals surface area contributed by atoms with Crippen LogP contribution in [0.1, 0.15) is 92.5 Å². The first-order chi connectivity index (χ1) is 22.0. The van der Waals surface area contributed by atoms with Gasteiger partial charge in [0.2, 0.25) is 0 Å². The number of hydrogen-bond acceptors (Lipinski definition) is 2. The third kappa shape index (κ3) is 7.53. The molecule has 3 aromatic rings. The number of nitrogens with zero attached hydrogens (tertiary/aromatic N) is 1. The molecular weight excluding hydrogens is 546 g/mol. The van der Waals surface area contributed by atoms with E-state index in [-0.39, 0.29) is 5.92 Å². The largest absolute Gasteiger partial charge is 0.370 e. The van der Waals surface area contributed by atoms with Crippen molar-refractivity contribution in [3.05, 3.63) is 119 Å². The van der Waals surface area contributed by atoms with Crippen molar-refractivity contribution in [3.63, 3.8) is 0 Å². The minimum absolute atomic E-state index is 0.0288. The minimum Gasteiger partial charge on any atom is -0.370 e. The Balaban J connectivity index is 1.14. The van der Waals surface area contributed by atoms with Gasteiger partial charge in [-0.25, -0.2) is 0 Å². The fraction of sp³-hybridized carbons (Fsp3) is 0.419. The molecule has 2 aliphatic carbocycles. The minimum atomic E-state index is -0.0288. The van der Waals surface area contributed by atoms with Gasteiger partial charge in [0.25, 0.3) is 0 Å². The van der Waals surface area contributed by atoms with Crippen molar-refractivity contribution in [3.8, 4) is 12.3 Å². The summed E-state index contributed by atoms with van der Waals surface area (Å²) in [5, 5.41) is 0. The van der Waals surface area contributed by atoms with Crippen molar-refractivity contribution in [2.24, 2.45) is 23.7 Å². The Labute approximate surface area is 271 Å². The Morgan fingerprint density at radius 3 is 2.38 bits per heavy atom.